The van der Waals surface area contributed by atoms with Crippen molar-refractivity contribution in [1.82, 2.24) is 19.8 Å². The quantitative estimate of drug-likeness (QED) is 0.449. The first-order valence-electron chi connectivity index (χ1n) is 12.9. The maximum atomic E-state index is 12.2. The molecule has 4 rings (SSSR count). The molecular weight excluding hydrogens is 480 g/mol. The molecule has 3 aromatic rings. The van der Waals surface area contributed by atoms with Crippen LogP contribution in [-0.4, -0.2) is 70.7 Å². The molecule has 1 atom stereocenters. The van der Waals surface area contributed by atoms with Gasteiger partial charge in [0.1, 0.15) is 0 Å². The zero-order chi connectivity index (χ0) is 26.9. The predicted molar refractivity (Wildman–Crippen MR) is 146 cm³/mol. The molecular formula is C30H34N4O4. The van der Waals surface area contributed by atoms with Gasteiger partial charge in [0.25, 0.3) is 5.56 Å². The van der Waals surface area contributed by atoms with Gasteiger partial charge in [0, 0.05) is 56.7 Å². The third kappa shape index (κ3) is 7.31. The summed E-state index contributed by atoms with van der Waals surface area (Å²) in [6.45, 7) is 6.58. The number of hydrogen-bond acceptors (Lipinski definition) is 6. The molecule has 2 N–H and O–H groups in total. The summed E-state index contributed by atoms with van der Waals surface area (Å²) in [6.07, 6.45) is 2.16. The number of morpholine rings is 1. The number of benzene rings is 2. The molecule has 198 valence electrons. The first-order chi connectivity index (χ1) is 18.4. The summed E-state index contributed by atoms with van der Waals surface area (Å²) in [5.74, 6) is 5.68. The molecule has 1 unspecified atom stereocenters. The van der Waals surface area contributed by atoms with E-state index in [0.29, 0.717) is 19.4 Å². The Hall–Kier alpha value is -3.93. The fourth-order valence-corrected chi connectivity index (χ4v) is 4.52. The molecule has 1 aliphatic rings. The Morgan fingerprint density at radius 1 is 1.08 bits per heavy atom. The van der Waals surface area contributed by atoms with Crippen LogP contribution in [-0.2, 0) is 22.5 Å². The van der Waals surface area contributed by atoms with Crippen LogP contribution in [0.1, 0.15) is 47.2 Å². The lowest BCUT2D eigenvalue weighted by Gasteiger charge is -2.26. The van der Waals surface area contributed by atoms with Gasteiger partial charge in [0.15, 0.2) is 0 Å². The topological polar surface area (TPSA) is 98.8 Å². The van der Waals surface area contributed by atoms with Gasteiger partial charge < -0.3 is 19.7 Å². The van der Waals surface area contributed by atoms with Crippen molar-refractivity contribution in [3.8, 4) is 17.6 Å². The molecule has 0 bridgehead atoms. The SMILES string of the molecule is CCC(=O)N(C)CC(Cc1ccc(C#Cc2ccc(CN3CCOCC3)cc2)cc1)c1nc[nH]c(=O)c1O. The number of aromatic amines is 1. The molecule has 0 saturated carbocycles. The van der Waals surface area contributed by atoms with Gasteiger partial charge in [-0.2, -0.15) is 0 Å². The molecule has 1 aliphatic heterocycles. The van der Waals surface area contributed by atoms with E-state index in [1.165, 1.54) is 11.9 Å². The Balaban J connectivity index is 1.43. The van der Waals surface area contributed by atoms with E-state index >= 15 is 0 Å². The van der Waals surface area contributed by atoms with E-state index in [0.717, 1.165) is 49.5 Å². The third-order valence-electron chi connectivity index (χ3n) is 6.72. The van der Waals surface area contributed by atoms with Crippen LogP contribution in [0, 0.1) is 11.8 Å². The smallest absolute Gasteiger partial charge is 0.293 e. The van der Waals surface area contributed by atoms with Crippen LogP contribution < -0.4 is 5.56 Å². The second kappa shape index (κ2) is 13.0. The molecule has 38 heavy (non-hydrogen) atoms. The number of carbonyl (C=O) groups excluding carboxylic acids is 1. The molecule has 1 aromatic heterocycles. The number of amides is 1. The van der Waals surface area contributed by atoms with Crippen LogP contribution in [0.25, 0.3) is 0 Å². The van der Waals surface area contributed by atoms with E-state index in [9.17, 15) is 14.7 Å². The normalized spacial score (nSPS) is 14.4. The third-order valence-corrected chi connectivity index (χ3v) is 6.72. The summed E-state index contributed by atoms with van der Waals surface area (Å²) in [5, 5.41) is 10.3. The predicted octanol–water partition coefficient (Wildman–Crippen LogP) is 2.90. The second-order valence-corrected chi connectivity index (χ2v) is 9.53. The van der Waals surface area contributed by atoms with Gasteiger partial charge in [-0.25, -0.2) is 4.98 Å². The van der Waals surface area contributed by atoms with Crippen molar-refractivity contribution in [2.24, 2.45) is 0 Å². The lowest BCUT2D eigenvalue weighted by molar-refractivity contribution is -0.129. The lowest BCUT2D eigenvalue weighted by Crippen LogP contribution is -2.35. The number of nitrogens with zero attached hydrogens (tertiary/aromatic N) is 3. The van der Waals surface area contributed by atoms with E-state index in [1.54, 1.807) is 18.9 Å². The van der Waals surface area contributed by atoms with Crippen molar-refractivity contribution in [2.75, 3.05) is 39.9 Å². The van der Waals surface area contributed by atoms with E-state index in [-0.39, 0.29) is 17.5 Å². The van der Waals surface area contributed by atoms with E-state index < -0.39 is 11.3 Å². The summed E-state index contributed by atoms with van der Waals surface area (Å²) in [5.41, 5.74) is 3.79. The number of likely N-dealkylation sites (N-methyl/N-ethyl adjacent to an activating group) is 1. The van der Waals surface area contributed by atoms with Crippen LogP contribution in [0.15, 0.2) is 59.7 Å². The molecule has 1 saturated heterocycles. The summed E-state index contributed by atoms with van der Waals surface area (Å²) in [4.78, 5) is 34.7. The average Bonchev–Trinajstić information content (AvgIpc) is 2.94. The fraction of sp³-hybridized carbons (Fsp3) is 0.367. The van der Waals surface area contributed by atoms with Gasteiger partial charge >= 0.3 is 0 Å². The number of hydrogen-bond donors (Lipinski definition) is 2. The molecule has 2 heterocycles. The van der Waals surface area contributed by atoms with Crippen LogP contribution in [0.2, 0.25) is 0 Å². The Morgan fingerprint density at radius 2 is 1.68 bits per heavy atom. The molecule has 2 aromatic carbocycles. The van der Waals surface area contributed by atoms with Crippen LogP contribution >= 0.6 is 0 Å². The van der Waals surface area contributed by atoms with Crippen molar-refractivity contribution in [3.63, 3.8) is 0 Å². The monoisotopic (exact) mass is 514 g/mol. The largest absolute Gasteiger partial charge is 0.502 e. The van der Waals surface area contributed by atoms with Crippen molar-refractivity contribution in [3.05, 3.63) is 93.2 Å². The average molecular weight is 515 g/mol. The Bertz CT molecular complexity index is 1330. The first kappa shape index (κ1) is 27.1. The lowest BCUT2D eigenvalue weighted by atomic mass is 9.94. The summed E-state index contributed by atoms with van der Waals surface area (Å²) in [7, 11) is 1.72. The maximum absolute atomic E-state index is 12.2. The molecule has 8 nitrogen and oxygen atoms in total. The minimum absolute atomic E-state index is 0.0147. The number of aromatic hydroxyl groups is 1. The summed E-state index contributed by atoms with van der Waals surface area (Å²) in [6, 6.07) is 16.2. The maximum Gasteiger partial charge on any atom is 0.293 e. The highest BCUT2D eigenvalue weighted by Gasteiger charge is 2.23. The van der Waals surface area contributed by atoms with Crippen LogP contribution in [0.4, 0.5) is 0 Å². The summed E-state index contributed by atoms with van der Waals surface area (Å²) >= 11 is 0. The standard InChI is InChI=1S/C30H34N4O4/c1-3-27(35)33(2)20-26(28-29(36)30(37)32-21-31-28)18-24-10-6-22(7-11-24)4-5-23-8-12-25(13-9-23)19-34-14-16-38-17-15-34/h6-13,21,26,36H,3,14-20H2,1-2H3,(H,31,32,37). The minimum atomic E-state index is -0.593. The number of aromatic nitrogens is 2. The molecule has 1 fully saturated rings. The fourth-order valence-electron chi connectivity index (χ4n) is 4.52. The number of rotatable bonds is 8. The van der Waals surface area contributed by atoms with Gasteiger partial charge in [0.2, 0.25) is 11.7 Å². The van der Waals surface area contributed by atoms with E-state index in [2.05, 4.69) is 51.0 Å². The van der Waals surface area contributed by atoms with Gasteiger partial charge in [-0.3, -0.25) is 14.5 Å². The van der Waals surface area contributed by atoms with Gasteiger partial charge in [-0.05, 0) is 41.8 Å². The number of nitrogens with one attached hydrogen (secondary N) is 1. The highest BCUT2D eigenvalue weighted by molar-refractivity contribution is 5.75. The number of H-pyrrole nitrogens is 1. The highest BCUT2D eigenvalue weighted by Crippen LogP contribution is 2.25. The Kier molecular flexibility index (Phi) is 9.30. The van der Waals surface area contributed by atoms with Crippen molar-refractivity contribution < 1.29 is 14.6 Å². The second-order valence-electron chi connectivity index (χ2n) is 9.53. The number of carbonyl (C=O) groups is 1. The van der Waals surface area contributed by atoms with Gasteiger partial charge in [0.05, 0.1) is 25.2 Å². The molecule has 8 heteroatoms. The van der Waals surface area contributed by atoms with Gasteiger partial charge in [-0.1, -0.05) is 43.0 Å². The van der Waals surface area contributed by atoms with Crippen molar-refractivity contribution >= 4 is 5.91 Å². The van der Waals surface area contributed by atoms with Crippen molar-refractivity contribution in [1.29, 1.82) is 0 Å². The first-order valence-corrected chi connectivity index (χ1v) is 12.9. The van der Waals surface area contributed by atoms with E-state index in [1.807, 2.05) is 24.3 Å². The van der Waals surface area contributed by atoms with Crippen LogP contribution in [0.3, 0.4) is 0 Å². The minimum Gasteiger partial charge on any atom is -0.502 e. The van der Waals surface area contributed by atoms with E-state index in [4.69, 9.17) is 4.74 Å². The van der Waals surface area contributed by atoms with Crippen LogP contribution in [0.5, 0.6) is 5.75 Å². The zero-order valence-corrected chi connectivity index (χ0v) is 21.9. The number of ether oxygens (including phenoxy) is 1. The zero-order valence-electron chi connectivity index (χ0n) is 21.9. The molecule has 0 aliphatic carbocycles. The Morgan fingerprint density at radius 3 is 2.29 bits per heavy atom. The molecule has 0 spiro atoms. The molecule has 1 amide bonds. The highest BCUT2D eigenvalue weighted by atomic mass is 16.5. The summed E-state index contributed by atoms with van der Waals surface area (Å²) < 4.78 is 5.41. The Labute approximate surface area is 223 Å². The molecule has 0 radical (unpaired) electrons. The van der Waals surface area contributed by atoms with Gasteiger partial charge in [-0.15, -0.1) is 0 Å². The van der Waals surface area contributed by atoms with Crippen molar-refractivity contribution in [2.45, 2.75) is 32.2 Å².